The van der Waals surface area contributed by atoms with Crippen LogP contribution in [-0.4, -0.2) is 33.9 Å². The summed E-state index contributed by atoms with van der Waals surface area (Å²) in [5.41, 5.74) is -0.923. The van der Waals surface area contributed by atoms with Crippen molar-refractivity contribution in [2.24, 2.45) is 0 Å². The molecule has 0 radical (unpaired) electrons. The Hall–Kier alpha value is -0.260. The molecule has 0 fully saturated rings. The fourth-order valence-corrected chi connectivity index (χ4v) is 1.49. The molecule has 7 heteroatoms. The van der Waals surface area contributed by atoms with E-state index in [1.54, 1.807) is 6.92 Å². The molecule has 0 aliphatic rings. The van der Waals surface area contributed by atoms with E-state index in [1.807, 2.05) is 0 Å². The van der Waals surface area contributed by atoms with E-state index in [-0.39, 0.29) is 34.2 Å². The Balaban J connectivity index is 3.01. The summed E-state index contributed by atoms with van der Waals surface area (Å²) in [7, 11) is 0. The van der Waals surface area contributed by atoms with Crippen LogP contribution in [0.5, 0.6) is 0 Å². The third kappa shape index (κ3) is 3.12. The molecule has 0 saturated heterocycles. The Morgan fingerprint density at radius 3 is 2.31 bits per heavy atom. The molecule has 0 unspecified atom stereocenters. The Morgan fingerprint density at radius 2 is 1.81 bits per heavy atom. The van der Waals surface area contributed by atoms with Crippen molar-refractivity contribution in [1.29, 1.82) is 0 Å². The lowest BCUT2D eigenvalue weighted by atomic mass is 10.1. The van der Waals surface area contributed by atoms with Gasteiger partial charge in [-0.2, -0.15) is 0 Å². The predicted molar refractivity (Wildman–Crippen MR) is 65.5 cm³/mol. The molecule has 1 aromatic rings. The van der Waals surface area contributed by atoms with Gasteiger partial charge in [-0.15, -0.1) is 0 Å². The molecule has 0 aromatic carbocycles. The van der Waals surface area contributed by atoms with E-state index in [9.17, 15) is 0 Å². The topological polar surface area (TPSA) is 65.4 Å². The van der Waals surface area contributed by atoms with Crippen LogP contribution in [0, 0.1) is 0 Å². The highest BCUT2D eigenvalue weighted by Gasteiger charge is 2.24. The van der Waals surface area contributed by atoms with Gasteiger partial charge in [-0.1, -0.05) is 34.8 Å². The average molecular weight is 286 g/mol. The molecule has 3 N–H and O–H groups in total. The molecule has 1 aromatic heterocycles. The van der Waals surface area contributed by atoms with Crippen molar-refractivity contribution in [1.82, 2.24) is 4.98 Å². The van der Waals surface area contributed by atoms with Crippen LogP contribution < -0.4 is 5.32 Å². The van der Waals surface area contributed by atoms with Crippen LogP contribution in [0.3, 0.4) is 0 Å². The lowest BCUT2D eigenvalue weighted by Gasteiger charge is -2.27. The van der Waals surface area contributed by atoms with Crippen molar-refractivity contribution >= 4 is 40.6 Å². The second-order valence-electron chi connectivity index (χ2n) is 3.59. The third-order valence-electron chi connectivity index (χ3n) is 2.00. The number of rotatable bonds is 4. The molecule has 0 saturated carbocycles. The van der Waals surface area contributed by atoms with Crippen LogP contribution >= 0.6 is 34.8 Å². The monoisotopic (exact) mass is 284 g/mol. The fraction of sp³-hybridized carbons (Fsp3) is 0.444. The Morgan fingerprint density at radius 1 is 1.25 bits per heavy atom. The van der Waals surface area contributed by atoms with Crippen molar-refractivity contribution < 1.29 is 10.2 Å². The quantitative estimate of drug-likeness (QED) is 0.742. The van der Waals surface area contributed by atoms with E-state index in [2.05, 4.69) is 10.3 Å². The van der Waals surface area contributed by atoms with E-state index in [0.29, 0.717) is 0 Å². The Labute approximate surface area is 108 Å². The Kier molecular flexibility index (Phi) is 4.64. The number of nitrogens with zero attached hydrogens (tertiary/aromatic N) is 1. The Bertz CT molecular complexity index is 383. The number of nitrogens with one attached hydrogen (secondary N) is 1. The van der Waals surface area contributed by atoms with Gasteiger partial charge in [-0.3, -0.25) is 0 Å². The van der Waals surface area contributed by atoms with Crippen LogP contribution in [0.4, 0.5) is 5.82 Å². The van der Waals surface area contributed by atoms with Gasteiger partial charge in [0.25, 0.3) is 0 Å². The van der Waals surface area contributed by atoms with Crippen molar-refractivity contribution in [2.75, 3.05) is 18.5 Å². The van der Waals surface area contributed by atoms with Crippen LogP contribution in [0.1, 0.15) is 6.92 Å². The fourth-order valence-electron chi connectivity index (χ4n) is 0.947. The SMILES string of the molecule is CC(CO)(CO)Nc1nc(Cl)c(Cl)cc1Cl. The van der Waals surface area contributed by atoms with Crippen molar-refractivity contribution in [2.45, 2.75) is 12.5 Å². The summed E-state index contributed by atoms with van der Waals surface area (Å²) in [6, 6.07) is 1.44. The number of aromatic nitrogens is 1. The minimum Gasteiger partial charge on any atom is -0.394 e. The molecule has 0 bridgehead atoms. The molecule has 0 aliphatic heterocycles. The molecule has 1 rings (SSSR count). The molecule has 0 spiro atoms. The highest BCUT2D eigenvalue weighted by atomic mass is 35.5. The first kappa shape index (κ1) is 13.8. The van der Waals surface area contributed by atoms with Crippen molar-refractivity contribution in [3.05, 3.63) is 21.3 Å². The van der Waals surface area contributed by atoms with Gasteiger partial charge in [0.05, 0.1) is 28.8 Å². The molecule has 0 amide bonds. The van der Waals surface area contributed by atoms with Crippen molar-refractivity contribution in [3.63, 3.8) is 0 Å². The van der Waals surface area contributed by atoms with E-state index < -0.39 is 5.54 Å². The van der Waals surface area contributed by atoms with Crippen LogP contribution in [0.15, 0.2) is 6.07 Å². The van der Waals surface area contributed by atoms with Gasteiger partial charge in [0.1, 0.15) is 11.0 Å². The molecule has 0 atom stereocenters. The predicted octanol–water partition coefficient (Wildman–Crippen LogP) is 2.20. The first-order valence-electron chi connectivity index (χ1n) is 4.43. The van der Waals surface area contributed by atoms with Gasteiger partial charge in [0, 0.05) is 0 Å². The smallest absolute Gasteiger partial charge is 0.150 e. The van der Waals surface area contributed by atoms with E-state index in [1.165, 1.54) is 6.07 Å². The average Bonchev–Trinajstić information content (AvgIpc) is 2.25. The minimum absolute atomic E-state index is 0.104. The molecule has 1 heterocycles. The van der Waals surface area contributed by atoms with Gasteiger partial charge in [0.15, 0.2) is 0 Å². The number of halogens is 3. The number of hydrogen-bond acceptors (Lipinski definition) is 4. The molecule has 0 aliphatic carbocycles. The molecule has 90 valence electrons. The molecular formula is C9H11Cl3N2O2. The zero-order valence-corrected chi connectivity index (χ0v) is 10.7. The van der Waals surface area contributed by atoms with Gasteiger partial charge < -0.3 is 15.5 Å². The summed E-state index contributed by atoms with van der Waals surface area (Å²) >= 11 is 17.3. The van der Waals surface area contributed by atoms with Gasteiger partial charge in [0.2, 0.25) is 0 Å². The summed E-state index contributed by atoms with van der Waals surface area (Å²) < 4.78 is 0. The summed E-state index contributed by atoms with van der Waals surface area (Å²) in [4.78, 5) is 3.92. The maximum Gasteiger partial charge on any atom is 0.150 e. The lowest BCUT2D eigenvalue weighted by molar-refractivity contribution is 0.147. The van der Waals surface area contributed by atoms with Crippen LogP contribution in [0.2, 0.25) is 15.2 Å². The largest absolute Gasteiger partial charge is 0.394 e. The third-order valence-corrected chi connectivity index (χ3v) is 2.97. The van der Waals surface area contributed by atoms with Gasteiger partial charge in [-0.25, -0.2) is 4.98 Å². The maximum atomic E-state index is 9.11. The highest BCUT2D eigenvalue weighted by molar-refractivity contribution is 6.42. The van der Waals surface area contributed by atoms with E-state index >= 15 is 0 Å². The summed E-state index contributed by atoms with van der Waals surface area (Å²) in [5.74, 6) is 0.265. The van der Waals surface area contributed by atoms with Crippen LogP contribution in [-0.2, 0) is 0 Å². The van der Waals surface area contributed by atoms with Gasteiger partial charge >= 0.3 is 0 Å². The van der Waals surface area contributed by atoms with Gasteiger partial charge in [-0.05, 0) is 13.0 Å². The number of aliphatic hydroxyl groups is 2. The van der Waals surface area contributed by atoms with E-state index in [0.717, 1.165) is 0 Å². The summed E-state index contributed by atoms with van der Waals surface area (Å²) in [6.45, 7) is 1.07. The zero-order valence-electron chi connectivity index (χ0n) is 8.47. The van der Waals surface area contributed by atoms with Crippen LogP contribution in [0.25, 0.3) is 0 Å². The molecule has 4 nitrogen and oxygen atoms in total. The lowest BCUT2D eigenvalue weighted by Crippen LogP contribution is -2.42. The second-order valence-corrected chi connectivity index (χ2v) is 4.77. The van der Waals surface area contributed by atoms with Crippen molar-refractivity contribution in [3.8, 4) is 0 Å². The highest BCUT2D eigenvalue weighted by Crippen LogP contribution is 2.30. The van der Waals surface area contributed by atoms with E-state index in [4.69, 9.17) is 45.0 Å². The summed E-state index contributed by atoms with van der Waals surface area (Å²) in [6.07, 6.45) is 0. The maximum absolute atomic E-state index is 9.11. The minimum atomic E-state index is -0.923. The second kappa shape index (κ2) is 5.38. The number of hydrogen-bond donors (Lipinski definition) is 3. The number of pyridine rings is 1. The molecule has 16 heavy (non-hydrogen) atoms. The first-order valence-corrected chi connectivity index (χ1v) is 5.56. The number of anilines is 1. The molecular weight excluding hydrogens is 274 g/mol. The standard InChI is InChI=1S/C9H11Cl3N2O2/c1-9(3-15,4-16)14-8-6(11)2-5(10)7(12)13-8/h2,15-16H,3-4H2,1H3,(H,13,14). The zero-order chi connectivity index (χ0) is 12.3. The normalized spacial score (nSPS) is 11.6. The first-order chi connectivity index (χ1) is 7.41. The summed E-state index contributed by atoms with van der Waals surface area (Å²) in [5, 5.41) is 21.6. The number of aliphatic hydroxyl groups excluding tert-OH is 2.